The molecule has 1 unspecified atom stereocenters. The smallest absolute Gasteiger partial charge is 0.265 e. The number of nitrogen functional groups attached to an aromatic ring is 1. The average Bonchev–Trinajstić information content (AvgIpc) is 2.64. The van der Waals surface area contributed by atoms with Gasteiger partial charge in [-0.2, -0.15) is 0 Å². The zero-order valence-electron chi connectivity index (χ0n) is 11.3. The van der Waals surface area contributed by atoms with E-state index >= 15 is 0 Å². The maximum atomic E-state index is 12.0. The van der Waals surface area contributed by atoms with E-state index in [1.165, 1.54) is 17.8 Å². The fraction of sp³-hybridized carbons (Fsp3) is 0.583. The minimum Gasteiger partial charge on any atom is -0.382 e. The van der Waals surface area contributed by atoms with Gasteiger partial charge < -0.3 is 22.1 Å². The first kappa shape index (κ1) is 14.6. The third-order valence-electron chi connectivity index (χ3n) is 3.18. The van der Waals surface area contributed by atoms with Crippen LogP contribution in [0.3, 0.4) is 0 Å². The number of rotatable bonds is 6. The number of carbonyl (C=O) groups excluding carboxylic acids is 2. The molecule has 0 radical (unpaired) electrons. The zero-order chi connectivity index (χ0) is 14.7. The number of hydrogen-bond donors (Lipinski definition) is 4. The number of carbonyl (C=O) groups is 2. The molecule has 0 bridgehead atoms. The monoisotopic (exact) mass is 297 g/mol. The fourth-order valence-corrected chi connectivity index (χ4v) is 2.79. The summed E-state index contributed by atoms with van der Waals surface area (Å²) >= 11 is 1.23. The van der Waals surface area contributed by atoms with Gasteiger partial charge in [0.25, 0.3) is 5.91 Å². The Morgan fingerprint density at radius 2 is 2.20 bits per heavy atom. The molecular weight excluding hydrogens is 278 g/mol. The molecule has 1 aromatic heterocycles. The summed E-state index contributed by atoms with van der Waals surface area (Å²) in [4.78, 5) is 27.3. The van der Waals surface area contributed by atoms with Crippen molar-refractivity contribution in [1.82, 2.24) is 10.3 Å². The Morgan fingerprint density at radius 3 is 2.75 bits per heavy atom. The van der Waals surface area contributed by atoms with Crippen molar-refractivity contribution in [2.24, 2.45) is 5.73 Å². The van der Waals surface area contributed by atoms with Crippen molar-refractivity contribution in [1.29, 1.82) is 0 Å². The van der Waals surface area contributed by atoms with Crippen LogP contribution in [-0.2, 0) is 4.79 Å². The molecule has 0 aromatic carbocycles. The molecule has 110 valence electrons. The van der Waals surface area contributed by atoms with Gasteiger partial charge in [-0.1, -0.05) is 11.3 Å². The maximum Gasteiger partial charge on any atom is 0.265 e. The van der Waals surface area contributed by atoms with Crippen LogP contribution in [0.5, 0.6) is 0 Å². The molecule has 1 aliphatic rings. The summed E-state index contributed by atoms with van der Waals surface area (Å²) < 4.78 is 0. The summed E-state index contributed by atoms with van der Waals surface area (Å²) in [5.41, 5.74) is 10.8. The second-order valence-corrected chi connectivity index (χ2v) is 6.05. The average molecular weight is 297 g/mol. The highest BCUT2D eigenvalue weighted by atomic mass is 32.1. The van der Waals surface area contributed by atoms with Crippen LogP contribution in [0.25, 0.3) is 0 Å². The molecule has 7 nitrogen and oxygen atoms in total. The molecule has 1 aliphatic carbocycles. The molecule has 1 saturated carbocycles. The van der Waals surface area contributed by atoms with Gasteiger partial charge in [-0.25, -0.2) is 4.98 Å². The van der Waals surface area contributed by atoms with Crippen LogP contribution in [0.15, 0.2) is 0 Å². The van der Waals surface area contributed by atoms with Crippen molar-refractivity contribution < 1.29 is 9.59 Å². The lowest BCUT2D eigenvalue weighted by Gasteiger charge is -2.25. The summed E-state index contributed by atoms with van der Waals surface area (Å²) in [6.45, 7) is 1.72. The number of nitrogens with one attached hydrogen (secondary N) is 2. The first-order chi connectivity index (χ1) is 9.45. The standard InChI is InChI=1S/C12H19N5O2S/c1-6(5-8(13)18)15-11(19)9-10(14)17-12(20-9)16-7-3-2-4-7/h6-7H,2-5,14H2,1H3,(H2,13,18)(H,15,19)(H,16,17). The number of anilines is 2. The van der Waals surface area contributed by atoms with E-state index < -0.39 is 5.91 Å². The Bertz CT molecular complexity index is 512. The molecule has 8 heteroatoms. The third-order valence-corrected chi connectivity index (χ3v) is 4.18. The molecule has 1 aromatic rings. The van der Waals surface area contributed by atoms with Gasteiger partial charge in [-0.15, -0.1) is 0 Å². The first-order valence-electron chi connectivity index (χ1n) is 6.57. The summed E-state index contributed by atoms with van der Waals surface area (Å²) in [5.74, 6) is -0.571. The van der Waals surface area contributed by atoms with E-state index in [-0.39, 0.29) is 24.2 Å². The van der Waals surface area contributed by atoms with E-state index in [2.05, 4.69) is 15.6 Å². The number of nitrogens with zero attached hydrogens (tertiary/aromatic N) is 1. The number of nitrogens with two attached hydrogens (primary N) is 2. The van der Waals surface area contributed by atoms with E-state index in [1.807, 2.05) is 0 Å². The van der Waals surface area contributed by atoms with Gasteiger partial charge in [0, 0.05) is 18.5 Å². The number of aromatic nitrogens is 1. The SMILES string of the molecule is CC(CC(N)=O)NC(=O)c1sc(NC2CCC2)nc1N. The van der Waals surface area contributed by atoms with Crippen molar-refractivity contribution >= 4 is 34.1 Å². The molecule has 6 N–H and O–H groups in total. The number of hydrogen-bond acceptors (Lipinski definition) is 6. The van der Waals surface area contributed by atoms with Gasteiger partial charge in [0.1, 0.15) is 10.7 Å². The number of amides is 2. The Balaban J connectivity index is 1.96. The molecule has 0 aliphatic heterocycles. The Hall–Kier alpha value is -1.83. The lowest BCUT2D eigenvalue weighted by molar-refractivity contribution is -0.118. The molecule has 0 spiro atoms. The second-order valence-electron chi connectivity index (χ2n) is 5.05. The van der Waals surface area contributed by atoms with E-state index in [4.69, 9.17) is 11.5 Å². The van der Waals surface area contributed by atoms with Crippen molar-refractivity contribution in [3.05, 3.63) is 4.88 Å². The molecule has 0 saturated heterocycles. The number of primary amides is 1. The molecule has 1 fully saturated rings. The minimum absolute atomic E-state index is 0.0949. The highest BCUT2D eigenvalue weighted by molar-refractivity contribution is 7.18. The van der Waals surface area contributed by atoms with Gasteiger partial charge in [0.05, 0.1) is 0 Å². The highest BCUT2D eigenvalue weighted by Crippen LogP contribution is 2.29. The molecule has 1 heterocycles. The Morgan fingerprint density at radius 1 is 1.50 bits per heavy atom. The van der Waals surface area contributed by atoms with Crippen LogP contribution in [0.1, 0.15) is 42.3 Å². The molecule has 2 amide bonds. The van der Waals surface area contributed by atoms with Crippen molar-refractivity contribution in [3.8, 4) is 0 Å². The Labute approximate surface area is 121 Å². The topological polar surface area (TPSA) is 123 Å². The lowest BCUT2D eigenvalue weighted by atomic mass is 9.93. The van der Waals surface area contributed by atoms with E-state index in [9.17, 15) is 9.59 Å². The molecular formula is C12H19N5O2S. The summed E-state index contributed by atoms with van der Waals surface area (Å²) in [6.07, 6.45) is 3.56. The highest BCUT2D eigenvalue weighted by Gasteiger charge is 2.22. The van der Waals surface area contributed by atoms with Crippen LogP contribution in [0.4, 0.5) is 10.9 Å². The molecule has 20 heavy (non-hydrogen) atoms. The van der Waals surface area contributed by atoms with Crippen LogP contribution in [-0.4, -0.2) is 28.9 Å². The van der Waals surface area contributed by atoms with Crippen LogP contribution in [0, 0.1) is 0 Å². The predicted molar refractivity (Wildman–Crippen MR) is 78.5 cm³/mol. The van der Waals surface area contributed by atoms with E-state index in [0.29, 0.717) is 16.1 Å². The van der Waals surface area contributed by atoms with Gasteiger partial charge in [0.2, 0.25) is 5.91 Å². The normalized spacial score (nSPS) is 16.2. The molecule has 1 atom stereocenters. The fourth-order valence-electron chi connectivity index (χ4n) is 1.93. The van der Waals surface area contributed by atoms with Crippen LogP contribution < -0.4 is 22.1 Å². The van der Waals surface area contributed by atoms with E-state index in [0.717, 1.165) is 12.8 Å². The van der Waals surface area contributed by atoms with Gasteiger partial charge >= 0.3 is 0 Å². The summed E-state index contributed by atoms with van der Waals surface area (Å²) in [5, 5.41) is 6.61. The molecule has 2 rings (SSSR count). The zero-order valence-corrected chi connectivity index (χ0v) is 12.1. The van der Waals surface area contributed by atoms with Gasteiger partial charge in [-0.05, 0) is 26.2 Å². The largest absolute Gasteiger partial charge is 0.382 e. The predicted octanol–water partition coefficient (Wildman–Crippen LogP) is 0.683. The minimum atomic E-state index is -0.456. The second kappa shape index (κ2) is 6.08. The van der Waals surface area contributed by atoms with Crippen molar-refractivity contribution in [3.63, 3.8) is 0 Å². The van der Waals surface area contributed by atoms with Crippen LogP contribution >= 0.6 is 11.3 Å². The third kappa shape index (κ3) is 3.60. The van der Waals surface area contributed by atoms with Gasteiger partial charge in [-0.3, -0.25) is 9.59 Å². The number of thiazole rings is 1. The van der Waals surface area contributed by atoms with E-state index in [1.54, 1.807) is 6.92 Å². The first-order valence-corrected chi connectivity index (χ1v) is 7.39. The summed E-state index contributed by atoms with van der Waals surface area (Å²) in [7, 11) is 0. The maximum absolute atomic E-state index is 12.0. The Kier molecular flexibility index (Phi) is 4.43. The lowest BCUT2D eigenvalue weighted by Crippen LogP contribution is -2.35. The van der Waals surface area contributed by atoms with Gasteiger partial charge in [0.15, 0.2) is 5.13 Å². The quantitative estimate of drug-likeness (QED) is 0.615. The van der Waals surface area contributed by atoms with Crippen molar-refractivity contribution in [2.75, 3.05) is 11.1 Å². The summed E-state index contributed by atoms with van der Waals surface area (Å²) in [6, 6.07) is 0.106. The van der Waals surface area contributed by atoms with Crippen LogP contribution in [0.2, 0.25) is 0 Å². The van der Waals surface area contributed by atoms with Crippen molar-refractivity contribution in [2.45, 2.75) is 44.7 Å².